The SMILES string of the molecule is C=O.CNCCCCC(/C=C/N=C(N)/C(=C\C(=N)c1ccc(F)cc1)C(F)(F)F)c1ccccn1. The van der Waals surface area contributed by atoms with E-state index in [4.69, 9.17) is 15.9 Å². The third-order valence-corrected chi connectivity index (χ3v) is 4.82. The van der Waals surface area contributed by atoms with Crippen LogP contribution in [-0.4, -0.2) is 43.1 Å². The van der Waals surface area contributed by atoms with Crippen molar-refractivity contribution in [2.45, 2.75) is 31.4 Å². The van der Waals surface area contributed by atoms with Crippen molar-refractivity contribution in [3.8, 4) is 0 Å². The van der Waals surface area contributed by atoms with E-state index in [-0.39, 0.29) is 11.5 Å². The number of allylic oxidation sites excluding steroid dienone is 2. The number of aromatic nitrogens is 1. The number of amidine groups is 1. The van der Waals surface area contributed by atoms with Gasteiger partial charge in [0, 0.05) is 24.0 Å². The second-order valence-corrected chi connectivity index (χ2v) is 7.29. The van der Waals surface area contributed by atoms with Gasteiger partial charge in [-0.15, -0.1) is 0 Å². The van der Waals surface area contributed by atoms with Gasteiger partial charge in [-0.3, -0.25) is 4.98 Å². The Morgan fingerprint density at radius 2 is 1.89 bits per heavy atom. The lowest BCUT2D eigenvalue weighted by Crippen LogP contribution is -2.27. The molecule has 1 unspecified atom stereocenters. The molecular weight excluding hydrogens is 462 g/mol. The minimum absolute atomic E-state index is 0.123. The number of benzene rings is 1. The number of pyridine rings is 1. The van der Waals surface area contributed by atoms with E-state index in [1.807, 2.05) is 26.0 Å². The van der Waals surface area contributed by atoms with Crippen LogP contribution in [0.5, 0.6) is 0 Å². The van der Waals surface area contributed by atoms with Crippen molar-refractivity contribution in [2.75, 3.05) is 13.6 Å². The van der Waals surface area contributed by atoms with E-state index in [2.05, 4.69) is 15.3 Å². The predicted octanol–water partition coefficient (Wildman–Crippen LogP) is 4.94. The van der Waals surface area contributed by atoms with Crippen LogP contribution in [0.3, 0.4) is 0 Å². The lowest BCUT2D eigenvalue weighted by atomic mass is 9.97. The Morgan fingerprint density at radius 1 is 1.20 bits per heavy atom. The van der Waals surface area contributed by atoms with Crippen molar-refractivity contribution in [2.24, 2.45) is 10.7 Å². The monoisotopic (exact) mass is 491 g/mol. The van der Waals surface area contributed by atoms with Crippen LogP contribution in [0, 0.1) is 11.2 Å². The molecule has 0 aliphatic rings. The number of unbranched alkanes of at least 4 members (excludes halogenated alkanes) is 1. The number of carbonyl (C=O) groups is 1. The van der Waals surface area contributed by atoms with Gasteiger partial charge in [0.1, 0.15) is 18.4 Å². The highest BCUT2D eigenvalue weighted by atomic mass is 19.4. The maximum Gasteiger partial charge on any atom is 0.420 e. The van der Waals surface area contributed by atoms with Gasteiger partial charge < -0.3 is 21.3 Å². The first-order chi connectivity index (χ1) is 16.7. The molecule has 0 amide bonds. The Balaban J connectivity index is 0.00000298. The van der Waals surface area contributed by atoms with Gasteiger partial charge in [-0.25, -0.2) is 9.38 Å². The number of hydrogen-bond acceptors (Lipinski definition) is 5. The summed E-state index contributed by atoms with van der Waals surface area (Å²) >= 11 is 0. The zero-order valence-corrected chi connectivity index (χ0v) is 19.4. The van der Waals surface area contributed by atoms with Gasteiger partial charge in [-0.1, -0.05) is 18.6 Å². The summed E-state index contributed by atoms with van der Waals surface area (Å²) in [6.45, 7) is 2.86. The number of alkyl halides is 3. The van der Waals surface area contributed by atoms with Crippen molar-refractivity contribution in [3.63, 3.8) is 0 Å². The summed E-state index contributed by atoms with van der Waals surface area (Å²) in [4.78, 5) is 16.1. The highest BCUT2D eigenvalue weighted by Crippen LogP contribution is 2.27. The lowest BCUT2D eigenvalue weighted by molar-refractivity contribution is -0.0980. The largest absolute Gasteiger partial charge is 0.420 e. The Bertz CT molecular complexity index is 1000. The fraction of sp³-hybridized carbons (Fsp3) is 0.280. The van der Waals surface area contributed by atoms with Gasteiger partial charge in [0.25, 0.3) is 0 Å². The Labute approximate surface area is 202 Å². The van der Waals surface area contributed by atoms with Gasteiger partial charge in [0.2, 0.25) is 0 Å². The number of hydrogen-bond donors (Lipinski definition) is 3. The minimum atomic E-state index is -4.82. The molecule has 188 valence electrons. The van der Waals surface area contributed by atoms with E-state index < -0.39 is 29.1 Å². The van der Waals surface area contributed by atoms with Crippen LogP contribution in [0.15, 0.2) is 77.6 Å². The Hall–Kier alpha value is -3.66. The van der Waals surface area contributed by atoms with E-state index in [1.54, 1.807) is 18.3 Å². The van der Waals surface area contributed by atoms with Crippen LogP contribution in [-0.2, 0) is 4.79 Å². The summed E-state index contributed by atoms with van der Waals surface area (Å²) in [6.07, 6.45) is 2.95. The Morgan fingerprint density at radius 3 is 2.46 bits per heavy atom. The number of aliphatic imine (C=N–C) groups is 1. The predicted molar refractivity (Wildman–Crippen MR) is 130 cm³/mol. The summed E-state index contributed by atoms with van der Waals surface area (Å²) in [7, 11) is 1.87. The summed E-state index contributed by atoms with van der Waals surface area (Å²) < 4.78 is 53.8. The average molecular weight is 492 g/mol. The molecule has 0 saturated carbocycles. The lowest BCUT2D eigenvalue weighted by Gasteiger charge is -2.13. The van der Waals surface area contributed by atoms with E-state index in [9.17, 15) is 17.6 Å². The second kappa shape index (κ2) is 15.3. The molecule has 0 fully saturated rings. The van der Waals surface area contributed by atoms with Gasteiger partial charge in [-0.2, -0.15) is 13.2 Å². The minimum Gasteiger partial charge on any atom is -0.383 e. The summed E-state index contributed by atoms with van der Waals surface area (Å²) in [5.41, 5.74) is 4.86. The van der Waals surface area contributed by atoms with Gasteiger partial charge >= 0.3 is 6.18 Å². The zero-order chi connectivity index (χ0) is 26.3. The van der Waals surface area contributed by atoms with Gasteiger partial charge in [-0.05, 0) is 74.5 Å². The fourth-order valence-electron chi connectivity index (χ4n) is 3.06. The molecule has 0 spiro atoms. The van der Waals surface area contributed by atoms with Crippen LogP contribution < -0.4 is 11.1 Å². The molecule has 1 heterocycles. The first kappa shape index (κ1) is 29.4. The number of halogens is 4. The smallest absolute Gasteiger partial charge is 0.383 e. The molecule has 1 aromatic carbocycles. The normalized spacial score (nSPS) is 13.3. The number of nitrogens with two attached hydrogens (primary N) is 1. The molecule has 0 radical (unpaired) electrons. The second-order valence-electron chi connectivity index (χ2n) is 7.29. The van der Waals surface area contributed by atoms with Crippen LogP contribution >= 0.6 is 0 Å². The van der Waals surface area contributed by atoms with Crippen LogP contribution in [0.2, 0.25) is 0 Å². The third kappa shape index (κ3) is 10.4. The fourth-order valence-corrected chi connectivity index (χ4v) is 3.06. The Kier molecular flexibility index (Phi) is 12.8. The molecule has 0 aliphatic carbocycles. The molecular formula is C25H29F4N5O. The standard InChI is InChI=1S/C24H27F4N5.CH2O/c1-31-13-4-2-6-18(22-7-3-5-14-32-22)12-15-33-23(30)20(24(26,27)28)16-21(29)17-8-10-19(25)11-9-17;1-2/h3,5,7-12,14-16,18,29,31H,2,4,6,13H2,1H3,(H2,30,33);1H2/b15-12+,20-16+,29-21?;. The van der Waals surface area contributed by atoms with Crippen LogP contribution in [0.1, 0.15) is 36.4 Å². The zero-order valence-electron chi connectivity index (χ0n) is 19.4. The average Bonchev–Trinajstić information content (AvgIpc) is 2.85. The number of rotatable bonds is 11. The summed E-state index contributed by atoms with van der Waals surface area (Å²) in [5.74, 6) is -1.44. The highest BCUT2D eigenvalue weighted by Gasteiger charge is 2.36. The van der Waals surface area contributed by atoms with E-state index >= 15 is 0 Å². The summed E-state index contributed by atoms with van der Waals surface area (Å²) in [5, 5.41) is 11.0. The molecule has 4 N–H and O–H groups in total. The maximum atomic E-state index is 13.6. The molecule has 2 aromatic rings. The quantitative estimate of drug-likeness (QED) is 0.179. The van der Waals surface area contributed by atoms with E-state index in [0.29, 0.717) is 6.08 Å². The first-order valence-electron chi connectivity index (χ1n) is 10.7. The van der Waals surface area contributed by atoms with Crippen LogP contribution in [0.25, 0.3) is 0 Å². The first-order valence-corrected chi connectivity index (χ1v) is 10.7. The van der Waals surface area contributed by atoms with Crippen molar-refractivity contribution < 1.29 is 22.4 Å². The van der Waals surface area contributed by atoms with Crippen molar-refractivity contribution >= 4 is 18.3 Å². The van der Waals surface area contributed by atoms with Crippen molar-refractivity contribution in [1.82, 2.24) is 10.3 Å². The molecule has 0 bridgehead atoms. The molecule has 6 nitrogen and oxygen atoms in total. The van der Waals surface area contributed by atoms with Gasteiger partial charge in [0.05, 0.1) is 11.3 Å². The number of nitrogens with zero attached hydrogens (tertiary/aromatic N) is 2. The third-order valence-electron chi connectivity index (χ3n) is 4.82. The highest BCUT2D eigenvalue weighted by molar-refractivity contribution is 6.12. The molecule has 0 saturated heterocycles. The van der Waals surface area contributed by atoms with Crippen LogP contribution in [0.4, 0.5) is 17.6 Å². The molecule has 10 heteroatoms. The summed E-state index contributed by atoms with van der Waals surface area (Å²) in [6, 6.07) is 10.1. The molecule has 35 heavy (non-hydrogen) atoms. The number of carbonyl (C=O) groups excluding carboxylic acids is 1. The maximum absolute atomic E-state index is 13.6. The van der Waals surface area contributed by atoms with Crippen molar-refractivity contribution in [3.05, 3.63) is 89.7 Å². The number of nitrogens with one attached hydrogen (secondary N) is 2. The van der Waals surface area contributed by atoms with Crippen molar-refractivity contribution in [1.29, 1.82) is 5.41 Å². The molecule has 0 aliphatic heterocycles. The van der Waals surface area contributed by atoms with E-state index in [1.165, 1.54) is 18.3 Å². The van der Waals surface area contributed by atoms with Gasteiger partial charge in [0.15, 0.2) is 0 Å². The topological polar surface area (TPSA) is 104 Å². The molecule has 1 atom stereocenters. The molecule has 1 aromatic heterocycles. The van der Waals surface area contributed by atoms with E-state index in [0.717, 1.165) is 43.6 Å². The molecule has 2 rings (SSSR count).